The lowest BCUT2D eigenvalue weighted by Gasteiger charge is -2.23. The molecule has 0 aliphatic heterocycles. The normalized spacial score (nSPS) is 11.2. The number of thioether (sulfide) groups is 1. The largest absolute Gasteiger partial charge is 0.467 e. The van der Waals surface area contributed by atoms with E-state index in [4.69, 9.17) is 4.42 Å². The van der Waals surface area contributed by atoms with Gasteiger partial charge >= 0.3 is 0 Å². The molecule has 2 rings (SSSR count). The summed E-state index contributed by atoms with van der Waals surface area (Å²) in [5.74, 6) is 0.685. The fraction of sp³-hybridized carbons (Fsp3) is 0.500. The van der Waals surface area contributed by atoms with Gasteiger partial charge in [0.15, 0.2) is 4.34 Å². The van der Waals surface area contributed by atoms with Crippen LogP contribution < -0.4 is 10.6 Å². The molecular weight excluding hydrogens is 374 g/mol. The molecule has 0 fully saturated rings. The molecule has 2 N–H and O–H groups in total. The van der Waals surface area contributed by atoms with Gasteiger partial charge in [0.05, 0.1) is 25.1 Å². The summed E-state index contributed by atoms with van der Waals surface area (Å²) >= 11 is 2.67. The van der Waals surface area contributed by atoms with E-state index in [0.717, 1.165) is 5.76 Å². The highest BCUT2D eigenvalue weighted by molar-refractivity contribution is 8.01. The molecule has 0 aliphatic carbocycles. The van der Waals surface area contributed by atoms with Crippen LogP contribution in [0.5, 0.6) is 0 Å². The SMILES string of the molecule is CN(CC(=O)NC(C)(C)C)C(=O)CSc1nnc(NCc2ccco2)s1. The molecule has 2 amide bonds. The van der Waals surface area contributed by atoms with E-state index in [1.807, 2.05) is 32.9 Å². The quantitative estimate of drug-likeness (QED) is 0.659. The molecule has 0 saturated carbocycles. The average molecular weight is 398 g/mol. The highest BCUT2D eigenvalue weighted by atomic mass is 32.2. The van der Waals surface area contributed by atoms with Gasteiger partial charge < -0.3 is 20.0 Å². The van der Waals surface area contributed by atoms with Crippen molar-refractivity contribution in [1.82, 2.24) is 20.4 Å². The maximum Gasteiger partial charge on any atom is 0.240 e. The van der Waals surface area contributed by atoms with Crippen LogP contribution >= 0.6 is 23.1 Å². The third-order valence-electron chi connectivity index (χ3n) is 3.04. The van der Waals surface area contributed by atoms with Gasteiger partial charge in [-0.1, -0.05) is 23.1 Å². The van der Waals surface area contributed by atoms with Crippen LogP contribution in [0, 0.1) is 0 Å². The molecule has 2 aromatic heterocycles. The van der Waals surface area contributed by atoms with Crippen molar-refractivity contribution in [3.8, 4) is 0 Å². The smallest absolute Gasteiger partial charge is 0.240 e. The molecule has 10 heteroatoms. The van der Waals surface area contributed by atoms with E-state index in [9.17, 15) is 9.59 Å². The molecule has 2 aromatic rings. The lowest BCUT2D eigenvalue weighted by atomic mass is 10.1. The monoisotopic (exact) mass is 397 g/mol. The van der Waals surface area contributed by atoms with E-state index < -0.39 is 0 Å². The second-order valence-electron chi connectivity index (χ2n) is 6.64. The summed E-state index contributed by atoms with van der Waals surface area (Å²) in [6, 6.07) is 3.69. The number of nitrogens with zero attached hydrogens (tertiary/aromatic N) is 3. The number of carbonyl (C=O) groups excluding carboxylic acids is 2. The van der Waals surface area contributed by atoms with Crippen molar-refractivity contribution in [3.63, 3.8) is 0 Å². The Morgan fingerprint density at radius 3 is 2.77 bits per heavy atom. The zero-order valence-electron chi connectivity index (χ0n) is 15.2. The van der Waals surface area contributed by atoms with Crippen LogP contribution in [0.2, 0.25) is 0 Å². The van der Waals surface area contributed by atoms with Crippen molar-refractivity contribution in [2.75, 3.05) is 24.7 Å². The van der Waals surface area contributed by atoms with Crippen LogP contribution in [-0.4, -0.2) is 51.8 Å². The Kier molecular flexibility index (Phi) is 7.04. The molecule has 2 heterocycles. The second-order valence-corrected chi connectivity index (χ2v) is 8.84. The Hall–Kier alpha value is -2.07. The first kappa shape index (κ1) is 20.2. The zero-order valence-corrected chi connectivity index (χ0v) is 16.9. The summed E-state index contributed by atoms with van der Waals surface area (Å²) in [5.41, 5.74) is -0.318. The molecule has 142 valence electrons. The molecule has 26 heavy (non-hydrogen) atoms. The fourth-order valence-corrected chi connectivity index (χ4v) is 3.60. The average Bonchev–Trinajstić information content (AvgIpc) is 3.20. The molecule has 0 radical (unpaired) electrons. The zero-order chi connectivity index (χ0) is 19.2. The summed E-state index contributed by atoms with van der Waals surface area (Å²) in [6.07, 6.45) is 1.61. The molecule has 0 bridgehead atoms. The minimum Gasteiger partial charge on any atom is -0.467 e. The van der Waals surface area contributed by atoms with Crippen molar-refractivity contribution in [2.45, 2.75) is 37.2 Å². The van der Waals surface area contributed by atoms with Crippen LogP contribution in [0.3, 0.4) is 0 Å². The maximum absolute atomic E-state index is 12.2. The van der Waals surface area contributed by atoms with E-state index in [2.05, 4.69) is 20.8 Å². The van der Waals surface area contributed by atoms with Crippen molar-refractivity contribution in [3.05, 3.63) is 24.2 Å². The van der Waals surface area contributed by atoms with Gasteiger partial charge in [-0.05, 0) is 32.9 Å². The molecule has 0 aromatic carbocycles. The van der Waals surface area contributed by atoms with Gasteiger partial charge in [0.25, 0.3) is 0 Å². The second kappa shape index (κ2) is 9.04. The number of carbonyl (C=O) groups is 2. The minimum absolute atomic E-state index is 0.0305. The van der Waals surface area contributed by atoms with Crippen LogP contribution in [0.15, 0.2) is 27.2 Å². The van der Waals surface area contributed by atoms with Gasteiger partial charge in [0, 0.05) is 12.6 Å². The first-order valence-corrected chi connectivity index (χ1v) is 9.81. The highest BCUT2D eigenvalue weighted by Crippen LogP contribution is 2.25. The molecule has 0 unspecified atom stereocenters. The lowest BCUT2D eigenvalue weighted by molar-refractivity contribution is -0.133. The Morgan fingerprint density at radius 2 is 2.12 bits per heavy atom. The number of aromatic nitrogens is 2. The number of nitrogens with one attached hydrogen (secondary N) is 2. The van der Waals surface area contributed by atoms with E-state index in [0.29, 0.717) is 16.0 Å². The van der Waals surface area contributed by atoms with Gasteiger partial charge in [0.2, 0.25) is 16.9 Å². The first-order valence-electron chi connectivity index (χ1n) is 8.00. The summed E-state index contributed by atoms with van der Waals surface area (Å²) in [5, 5.41) is 14.7. The van der Waals surface area contributed by atoms with E-state index >= 15 is 0 Å². The molecule has 0 saturated heterocycles. The van der Waals surface area contributed by atoms with Gasteiger partial charge in [-0.2, -0.15) is 0 Å². The first-order chi connectivity index (χ1) is 12.2. The number of amides is 2. The Morgan fingerprint density at radius 1 is 1.35 bits per heavy atom. The molecule has 0 spiro atoms. The van der Waals surface area contributed by atoms with Crippen molar-refractivity contribution in [2.24, 2.45) is 0 Å². The van der Waals surface area contributed by atoms with Gasteiger partial charge in [-0.25, -0.2) is 0 Å². The Bertz CT molecular complexity index is 725. The standard InChI is InChI=1S/C16H23N5O3S2/c1-16(2,3)18-12(22)9-21(4)13(23)10-25-15-20-19-14(26-15)17-8-11-6-5-7-24-11/h5-7H,8-10H2,1-4H3,(H,17,19)(H,18,22). The molecule has 0 aliphatic rings. The number of hydrogen-bond donors (Lipinski definition) is 2. The topological polar surface area (TPSA) is 100 Å². The molecular formula is C16H23N5O3S2. The minimum atomic E-state index is -0.318. The highest BCUT2D eigenvalue weighted by Gasteiger charge is 2.18. The van der Waals surface area contributed by atoms with Crippen molar-refractivity contribution >= 4 is 40.0 Å². The third kappa shape index (κ3) is 7.04. The number of likely N-dealkylation sites (N-methyl/N-ethyl adjacent to an activating group) is 1. The number of anilines is 1. The molecule has 8 nitrogen and oxygen atoms in total. The van der Waals surface area contributed by atoms with Crippen LogP contribution in [0.4, 0.5) is 5.13 Å². The van der Waals surface area contributed by atoms with Crippen molar-refractivity contribution in [1.29, 1.82) is 0 Å². The number of rotatable bonds is 8. The Labute approximate surface area is 160 Å². The Balaban J connectivity index is 1.73. The van der Waals surface area contributed by atoms with E-state index in [1.54, 1.807) is 13.3 Å². The predicted octanol–water partition coefficient (Wildman–Crippen LogP) is 2.21. The van der Waals surface area contributed by atoms with Crippen LogP contribution in [0.1, 0.15) is 26.5 Å². The summed E-state index contributed by atoms with van der Waals surface area (Å²) in [4.78, 5) is 25.4. The summed E-state index contributed by atoms with van der Waals surface area (Å²) in [6.45, 7) is 6.25. The van der Waals surface area contributed by atoms with Crippen LogP contribution in [0.25, 0.3) is 0 Å². The third-order valence-corrected chi connectivity index (χ3v) is 5.04. The van der Waals surface area contributed by atoms with Crippen LogP contribution in [-0.2, 0) is 16.1 Å². The predicted molar refractivity (Wildman–Crippen MR) is 102 cm³/mol. The van der Waals surface area contributed by atoms with Gasteiger partial charge in [-0.3, -0.25) is 9.59 Å². The van der Waals surface area contributed by atoms with E-state index in [1.165, 1.54) is 28.0 Å². The van der Waals surface area contributed by atoms with Gasteiger partial charge in [0.1, 0.15) is 5.76 Å². The lowest BCUT2D eigenvalue weighted by Crippen LogP contribution is -2.46. The summed E-state index contributed by atoms with van der Waals surface area (Å²) < 4.78 is 5.92. The van der Waals surface area contributed by atoms with Gasteiger partial charge in [-0.15, -0.1) is 10.2 Å². The number of furan rings is 1. The fourth-order valence-electron chi connectivity index (χ4n) is 1.91. The summed E-state index contributed by atoms with van der Waals surface area (Å²) in [7, 11) is 1.61. The van der Waals surface area contributed by atoms with Crippen molar-refractivity contribution < 1.29 is 14.0 Å². The van der Waals surface area contributed by atoms with E-state index in [-0.39, 0.29) is 29.7 Å². The number of hydrogen-bond acceptors (Lipinski definition) is 8. The molecule has 0 atom stereocenters. The maximum atomic E-state index is 12.2.